The number of nitrogens with zero attached hydrogens (tertiary/aromatic N) is 1. The molecule has 1 rings (SSSR count). The summed E-state index contributed by atoms with van der Waals surface area (Å²) in [5.74, 6) is 0. The molecule has 0 N–H and O–H groups in total. The molecule has 0 fully saturated rings. The summed E-state index contributed by atoms with van der Waals surface area (Å²) in [6.45, 7) is 2.17. The van der Waals surface area contributed by atoms with Crippen LogP contribution in [0.1, 0.15) is 30.2 Å². The van der Waals surface area contributed by atoms with Crippen LogP contribution in [-0.2, 0) is 6.42 Å². The number of hydrogen-bond acceptors (Lipinski definition) is 2. The van der Waals surface area contributed by atoms with Crippen LogP contribution in [0.4, 0.5) is 0 Å². The van der Waals surface area contributed by atoms with Gasteiger partial charge in [0.25, 0.3) is 0 Å². The summed E-state index contributed by atoms with van der Waals surface area (Å²) in [5.41, 5.74) is 1.28. The van der Waals surface area contributed by atoms with Gasteiger partial charge in [-0.2, -0.15) is 5.26 Å². The summed E-state index contributed by atoms with van der Waals surface area (Å²) >= 11 is 4.95. The van der Waals surface area contributed by atoms with Crippen molar-refractivity contribution in [1.29, 1.82) is 5.26 Å². The zero-order valence-electron chi connectivity index (χ0n) is 6.93. The maximum atomic E-state index is 8.69. The van der Waals surface area contributed by atoms with Crippen molar-refractivity contribution in [3.05, 3.63) is 20.3 Å². The number of aryl methyl sites for hydroxylation is 1. The molecule has 0 aliphatic carbocycles. The Hall–Kier alpha value is -0.330. The van der Waals surface area contributed by atoms with Crippen LogP contribution >= 0.6 is 27.3 Å². The van der Waals surface area contributed by atoms with Gasteiger partial charge in [0.1, 0.15) is 10.9 Å². The predicted molar refractivity (Wildman–Crippen MR) is 55.3 cm³/mol. The highest BCUT2D eigenvalue weighted by Gasteiger charge is 2.06. The lowest BCUT2D eigenvalue weighted by Crippen LogP contribution is -1.81. The fourth-order valence-electron chi connectivity index (χ4n) is 0.991. The molecule has 12 heavy (non-hydrogen) atoms. The topological polar surface area (TPSA) is 23.8 Å². The third kappa shape index (κ3) is 2.09. The standard InChI is InChI=1S/C9H10BrNS/c1-2-3-4-7-6-12-8(5-11)9(7)10/h6H,2-4H2,1H3. The summed E-state index contributed by atoms with van der Waals surface area (Å²) in [4.78, 5) is 0.793. The van der Waals surface area contributed by atoms with Gasteiger partial charge >= 0.3 is 0 Å². The van der Waals surface area contributed by atoms with Gasteiger partial charge in [-0.15, -0.1) is 11.3 Å². The molecule has 1 heterocycles. The van der Waals surface area contributed by atoms with Gasteiger partial charge in [0.15, 0.2) is 0 Å². The predicted octanol–water partition coefficient (Wildman–Crippen LogP) is 3.72. The van der Waals surface area contributed by atoms with E-state index in [1.807, 2.05) is 0 Å². The van der Waals surface area contributed by atoms with Crippen molar-refractivity contribution in [3.63, 3.8) is 0 Å². The quantitative estimate of drug-likeness (QED) is 0.794. The molecule has 0 aliphatic heterocycles. The van der Waals surface area contributed by atoms with Crippen molar-refractivity contribution in [2.75, 3.05) is 0 Å². The smallest absolute Gasteiger partial charge is 0.119 e. The Morgan fingerprint density at radius 1 is 1.67 bits per heavy atom. The number of halogens is 1. The second kappa shape index (κ2) is 4.64. The van der Waals surface area contributed by atoms with Crippen molar-refractivity contribution in [2.45, 2.75) is 26.2 Å². The van der Waals surface area contributed by atoms with E-state index in [1.165, 1.54) is 29.7 Å². The minimum atomic E-state index is 0.793. The Bertz CT molecular complexity index is 298. The fourth-order valence-corrected chi connectivity index (χ4v) is 2.61. The minimum Gasteiger partial charge on any atom is -0.191 e. The molecular formula is C9H10BrNS. The second-order valence-corrected chi connectivity index (χ2v) is 4.29. The Kier molecular flexibility index (Phi) is 3.77. The van der Waals surface area contributed by atoms with Crippen molar-refractivity contribution in [2.24, 2.45) is 0 Å². The van der Waals surface area contributed by atoms with Crippen LogP contribution in [0.3, 0.4) is 0 Å². The third-order valence-corrected chi connectivity index (χ3v) is 3.80. The van der Waals surface area contributed by atoms with E-state index in [0.29, 0.717) is 0 Å². The maximum Gasteiger partial charge on any atom is 0.119 e. The molecule has 0 aromatic carbocycles. The molecule has 0 radical (unpaired) electrons. The van der Waals surface area contributed by atoms with E-state index in [-0.39, 0.29) is 0 Å². The summed E-state index contributed by atoms with van der Waals surface area (Å²) in [6, 6.07) is 2.16. The van der Waals surface area contributed by atoms with E-state index in [1.54, 1.807) is 0 Å². The molecule has 0 saturated carbocycles. The number of nitriles is 1. The summed E-state index contributed by atoms with van der Waals surface area (Å²) < 4.78 is 1.00. The first-order chi connectivity index (χ1) is 5.79. The van der Waals surface area contributed by atoms with Gasteiger partial charge in [-0.25, -0.2) is 0 Å². The van der Waals surface area contributed by atoms with Crippen LogP contribution in [0.15, 0.2) is 9.85 Å². The lowest BCUT2D eigenvalue weighted by molar-refractivity contribution is 0.795. The van der Waals surface area contributed by atoms with E-state index < -0.39 is 0 Å². The molecular weight excluding hydrogens is 234 g/mol. The van der Waals surface area contributed by atoms with Gasteiger partial charge in [-0.1, -0.05) is 13.3 Å². The van der Waals surface area contributed by atoms with E-state index in [2.05, 4.69) is 34.3 Å². The molecule has 0 spiro atoms. The SMILES string of the molecule is CCCCc1csc(C#N)c1Br. The number of thiophene rings is 1. The Morgan fingerprint density at radius 2 is 2.42 bits per heavy atom. The molecule has 64 valence electrons. The minimum absolute atomic E-state index is 0.793. The lowest BCUT2D eigenvalue weighted by atomic mass is 10.1. The molecule has 1 aromatic rings. The largest absolute Gasteiger partial charge is 0.191 e. The molecule has 0 atom stereocenters. The number of unbranched alkanes of at least 4 members (excludes halogenated alkanes) is 1. The van der Waals surface area contributed by atoms with E-state index in [9.17, 15) is 0 Å². The van der Waals surface area contributed by atoms with Crippen molar-refractivity contribution < 1.29 is 0 Å². The summed E-state index contributed by atoms with van der Waals surface area (Å²) in [5, 5.41) is 10.8. The molecule has 1 aromatic heterocycles. The van der Waals surface area contributed by atoms with Gasteiger partial charge in [-0.3, -0.25) is 0 Å². The van der Waals surface area contributed by atoms with Crippen molar-refractivity contribution in [3.8, 4) is 6.07 Å². The third-order valence-electron chi connectivity index (χ3n) is 1.70. The van der Waals surface area contributed by atoms with Gasteiger partial charge in [0.2, 0.25) is 0 Å². The molecule has 0 unspecified atom stereocenters. The van der Waals surface area contributed by atoms with Gasteiger partial charge in [0.05, 0.1) is 0 Å². The molecule has 1 nitrogen and oxygen atoms in total. The van der Waals surface area contributed by atoms with Crippen molar-refractivity contribution in [1.82, 2.24) is 0 Å². The maximum absolute atomic E-state index is 8.69. The first kappa shape index (κ1) is 9.76. The average molecular weight is 244 g/mol. The highest BCUT2D eigenvalue weighted by molar-refractivity contribution is 9.10. The summed E-state index contributed by atoms with van der Waals surface area (Å²) in [7, 11) is 0. The highest BCUT2D eigenvalue weighted by atomic mass is 79.9. The van der Waals surface area contributed by atoms with Crippen molar-refractivity contribution >= 4 is 27.3 Å². The lowest BCUT2D eigenvalue weighted by Gasteiger charge is -1.95. The molecule has 0 amide bonds. The van der Waals surface area contributed by atoms with Gasteiger partial charge in [0, 0.05) is 4.47 Å². The Balaban J connectivity index is 2.75. The Labute approximate surface area is 85.2 Å². The van der Waals surface area contributed by atoms with Gasteiger partial charge in [-0.05, 0) is 39.7 Å². The molecule has 0 saturated heterocycles. The van der Waals surface area contributed by atoms with E-state index >= 15 is 0 Å². The van der Waals surface area contributed by atoms with Crippen LogP contribution < -0.4 is 0 Å². The van der Waals surface area contributed by atoms with Crippen LogP contribution in [-0.4, -0.2) is 0 Å². The van der Waals surface area contributed by atoms with E-state index in [4.69, 9.17) is 5.26 Å². The van der Waals surface area contributed by atoms with Crippen LogP contribution in [0, 0.1) is 11.3 Å². The average Bonchev–Trinajstić information content (AvgIpc) is 2.43. The number of hydrogen-bond donors (Lipinski definition) is 0. The number of rotatable bonds is 3. The first-order valence-electron chi connectivity index (χ1n) is 3.95. The van der Waals surface area contributed by atoms with E-state index in [0.717, 1.165) is 15.8 Å². The first-order valence-corrected chi connectivity index (χ1v) is 5.62. The van der Waals surface area contributed by atoms with Crippen LogP contribution in [0.25, 0.3) is 0 Å². The van der Waals surface area contributed by atoms with Crippen LogP contribution in [0.2, 0.25) is 0 Å². The fraction of sp³-hybridized carbons (Fsp3) is 0.444. The molecule has 0 bridgehead atoms. The Morgan fingerprint density at radius 3 is 2.92 bits per heavy atom. The molecule has 3 heteroatoms. The van der Waals surface area contributed by atoms with Gasteiger partial charge < -0.3 is 0 Å². The van der Waals surface area contributed by atoms with Crippen LogP contribution in [0.5, 0.6) is 0 Å². The monoisotopic (exact) mass is 243 g/mol. The summed E-state index contributed by atoms with van der Waals surface area (Å²) in [6.07, 6.45) is 3.47. The highest BCUT2D eigenvalue weighted by Crippen LogP contribution is 2.28. The zero-order chi connectivity index (χ0) is 8.97. The molecule has 0 aliphatic rings. The normalized spacial score (nSPS) is 9.75. The second-order valence-electron chi connectivity index (χ2n) is 2.62. The zero-order valence-corrected chi connectivity index (χ0v) is 9.33.